The summed E-state index contributed by atoms with van der Waals surface area (Å²) >= 11 is 0. The summed E-state index contributed by atoms with van der Waals surface area (Å²) in [6, 6.07) is 0. The normalized spacial score (nSPS) is 39.4. The van der Waals surface area contributed by atoms with Crippen molar-refractivity contribution >= 4 is 17.5 Å². The van der Waals surface area contributed by atoms with Crippen molar-refractivity contribution in [3.8, 4) is 11.5 Å². The summed E-state index contributed by atoms with van der Waals surface area (Å²) < 4.78 is 16.7. The number of carbonyl (C=O) groups is 3. The fourth-order valence-electron chi connectivity index (χ4n) is 5.95. The summed E-state index contributed by atoms with van der Waals surface area (Å²) in [6.07, 6.45) is -5.97. The monoisotopic (exact) mass is 444 g/mol. The molecule has 1 aromatic carbocycles. The van der Waals surface area contributed by atoms with Gasteiger partial charge in [-0.2, -0.15) is 0 Å². The Morgan fingerprint density at radius 1 is 0.969 bits per heavy atom. The van der Waals surface area contributed by atoms with E-state index in [0.717, 1.165) is 0 Å². The smallest absolute Gasteiger partial charge is 0.309 e. The van der Waals surface area contributed by atoms with E-state index in [1.54, 1.807) is 6.92 Å². The molecule has 0 radical (unpaired) electrons. The standard InChI is InChI=1S/C22H20O10/c1-5-11-15(21-8(30-5)4-10(24)32-21)19(27)13-14(17(11)25)20(28)16-12(18(13)26)7-3-9(23)22(16,29)6(2)31-7/h5-9,21,23,25,27,29H,3-4H2,1-2H3/t5-,6-,7-,8-,9+,21+,22-/m0/s1. The maximum atomic E-state index is 13.6. The summed E-state index contributed by atoms with van der Waals surface area (Å²) in [5.41, 5.74) is -3.41. The Bertz CT molecular complexity index is 1170. The number of esters is 1. The molecule has 2 bridgehead atoms. The first kappa shape index (κ1) is 19.9. The van der Waals surface area contributed by atoms with Crippen LogP contribution < -0.4 is 0 Å². The van der Waals surface area contributed by atoms with Crippen molar-refractivity contribution in [1.29, 1.82) is 0 Å². The van der Waals surface area contributed by atoms with Crippen LogP contribution in [0.5, 0.6) is 11.5 Å². The van der Waals surface area contributed by atoms with Gasteiger partial charge >= 0.3 is 5.97 Å². The predicted octanol–water partition coefficient (Wildman–Crippen LogP) is 0.504. The van der Waals surface area contributed by atoms with Crippen molar-refractivity contribution in [3.05, 3.63) is 33.4 Å². The van der Waals surface area contributed by atoms with Gasteiger partial charge in [0.2, 0.25) is 0 Å². The van der Waals surface area contributed by atoms with Gasteiger partial charge in [0.15, 0.2) is 17.7 Å². The maximum absolute atomic E-state index is 13.6. The van der Waals surface area contributed by atoms with Gasteiger partial charge in [-0.1, -0.05) is 0 Å². The molecular weight excluding hydrogens is 424 g/mol. The van der Waals surface area contributed by atoms with Crippen LogP contribution in [0.15, 0.2) is 11.1 Å². The lowest BCUT2D eigenvalue weighted by Crippen LogP contribution is -2.66. The molecule has 10 heteroatoms. The summed E-state index contributed by atoms with van der Waals surface area (Å²) in [5, 5.41) is 44.0. The number of aromatic hydroxyl groups is 2. The number of ether oxygens (including phenoxy) is 3. The molecule has 4 N–H and O–H groups in total. The average Bonchev–Trinajstić information content (AvgIpc) is 3.09. The van der Waals surface area contributed by atoms with E-state index in [2.05, 4.69) is 0 Å². The molecule has 2 aliphatic carbocycles. The fourth-order valence-corrected chi connectivity index (χ4v) is 5.95. The molecule has 7 rings (SSSR count). The third-order valence-corrected chi connectivity index (χ3v) is 7.41. The highest BCUT2D eigenvalue weighted by atomic mass is 16.6. The van der Waals surface area contributed by atoms with E-state index in [9.17, 15) is 34.8 Å². The van der Waals surface area contributed by atoms with E-state index in [0.29, 0.717) is 0 Å². The highest BCUT2D eigenvalue weighted by molar-refractivity contribution is 6.30. The number of carbonyl (C=O) groups excluding carboxylic acids is 3. The van der Waals surface area contributed by atoms with Crippen LogP contribution in [-0.2, 0) is 19.0 Å². The number of aliphatic hydroxyl groups is 2. The van der Waals surface area contributed by atoms with Crippen LogP contribution in [0.3, 0.4) is 0 Å². The second kappa shape index (κ2) is 5.96. The first-order valence-electron chi connectivity index (χ1n) is 10.4. The van der Waals surface area contributed by atoms with Gasteiger partial charge < -0.3 is 34.6 Å². The van der Waals surface area contributed by atoms with Gasteiger partial charge in [-0.05, 0) is 13.8 Å². The van der Waals surface area contributed by atoms with Crippen LogP contribution in [0.25, 0.3) is 0 Å². The van der Waals surface area contributed by atoms with Crippen molar-refractivity contribution in [1.82, 2.24) is 0 Å². The first-order chi connectivity index (χ1) is 15.1. The van der Waals surface area contributed by atoms with E-state index >= 15 is 0 Å². The largest absolute Gasteiger partial charge is 0.507 e. The van der Waals surface area contributed by atoms with Crippen LogP contribution >= 0.6 is 0 Å². The van der Waals surface area contributed by atoms with E-state index in [4.69, 9.17) is 14.2 Å². The Balaban J connectivity index is 1.64. The van der Waals surface area contributed by atoms with Crippen LogP contribution in [0, 0.1) is 0 Å². The van der Waals surface area contributed by atoms with Crippen molar-refractivity contribution in [2.24, 2.45) is 0 Å². The highest BCUT2D eigenvalue weighted by Gasteiger charge is 2.62. The zero-order valence-corrected chi connectivity index (χ0v) is 17.1. The average molecular weight is 444 g/mol. The number of ketones is 2. The number of benzene rings is 1. The molecule has 6 aliphatic rings. The molecule has 4 aliphatic heterocycles. The zero-order valence-electron chi connectivity index (χ0n) is 17.1. The minimum Gasteiger partial charge on any atom is -0.507 e. The number of hydrogen-bond acceptors (Lipinski definition) is 10. The SMILES string of the molecule is C[C@@H]1O[C@H]2CC(=O)O[C@H]2c2c(O)c3c(c(O)c21)C(=O)C1=C(C3=O)[C@@H]2C[C@@H](O)[C@@]1(O)[C@H](C)O2. The topological polar surface area (TPSA) is 160 Å². The van der Waals surface area contributed by atoms with Gasteiger partial charge in [-0.3, -0.25) is 14.4 Å². The number of hydrogen-bond donors (Lipinski definition) is 4. The predicted molar refractivity (Wildman–Crippen MR) is 102 cm³/mol. The molecule has 0 aromatic heterocycles. The van der Waals surface area contributed by atoms with Gasteiger partial charge in [-0.15, -0.1) is 0 Å². The highest BCUT2D eigenvalue weighted by Crippen LogP contribution is 2.57. The summed E-state index contributed by atoms with van der Waals surface area (Å²) in [6.45, 7) is 3.07. The molecule has 0 saturated carbocycles. The molecule has 0 unspecified atom stereocenters. The fraction of sp³-hybridized carbons (Fsp3) is 0.500. The van der Waals surface area contributed by atoms with Gasteiger partial charge in [0, 0.05) is 28.7 Å². The Morgan fingerprint density at radius 3 is 2.31 bits per heavy atom. The molecule has 0 amide bonds. The third-order valence-electron chi connectivity index (χ3n) is 7.41. The molecule has 32 heavy (non-hydrogen) atoms. The first-order valence-corrected chi connectivity index (χ1v) is 10.4. The van der Waals surface area contributed by atoms with Gasteiger partial charge in [-0.25, -0.2) is 0 Å². The molecule has 2 saturated heterocycles. The minimum absolute atomic E-state index is 0.0371. The Morgan fingerprint density at radius 2 is 1.62 bits per heavy atom. The summed E-state index contributed by atoms with van der Waals surface area (Å²) in [5.74, 6) is -3.36. The molecule has 4 heterocycles. The Hall–Kier alpha value is -2.79. The van der Waals surface area contributed by atoms with Crippen LogP contribution in [-0.4, -0.2) is 68.0 Å². The van der Waals surface area contributed by atoms with Gasteiger partial charge in [0.05, 0.1) is 42.0 Å². The molecule has 10 nitrogen and oxygen atoms in total. The van der Waals surface area contributed by atoms with Crippen LogP contribution in [0.2, 0.25) is 0 Å². The van der Waals surface area contributed by atoms with E-state index in [1.807, 2.05) is 0 Å². The number of phenols is 2. The van der Waals surface area contributed by atoms with Gasteiger partial charge in [0.1, 0.15) is 23.2 Å². The number of Topliss-reactive ketones (excluding diaryl/α,β-unsaturated/α-hetero) is 2. The third kappa shape index (κ3) is 2.06. The molecule has 2 fully saturated rings. The van der Waals surface area contributed by atoms with Crippen molar-refractivity contribution in [3.63, 3.8) is 0 Å². The quantitative estimate of drug-likeness (QED) is 0.328. The van der Waals surface area contributed by atoms with Crippen LogP contribution in [0.1, 0.15) is 70.7 Å². The molecule has 1 aromatic rings. The maximum Gasteiger partial charge on any atom is 0.309 e. The molecule has 168 valence electrons. The van der Waals surface area contributed by atoms with E-state index in [-0.39, 0.29) is 35.1 Å². The minimum atomic E-state index is -2.14. The lowest BCUT2D eigenvalue weighted by molar-refractivity contribution is -0.207. The zero-order chi connectivity index (χ0) is 22.9. The Labute approximate surface area is 181 Å². The van der Waals surface area contributed by atoms with Crippen molar-refractivity contribution in [2.45, 2.75) is 68.9 Å². The van der Waals surface area contributed by atoms with Crippen molar-refractivity contribution < 1.29 is 49.0 Å². The van der Waals surface area contributed by atoms with E-state index in [1.165, 1.54) is 6.92 Å². The lowest BCUT2D eigenvalue weighted by Gasteiger charge is -2.52. The lowest BCUT2D eigenvalue weighted by atomic mass is 9.63. The summed E-state index contributed by atoms with van der Waals surface area (Å²) in [4.78, 5) is 39.0. The van der Waals surface area contributed by atoms with Gasteiger partial charge in [0.25, 0.3) is 0 Å². The molecule has 0 spiro atoms. The molecular formula is C22H20O10. The Kier molecular flexibility index (Phi) is 3.70. The van der Waals surface area contributed by atoms with E-state index < -0.39 is 82.4 Å². The van der Waals surface area contributed by atoms with Crippen LogP contribution in [0.4, 0.5) is 0 Å². The second-order valence-electron chi connectivity index (χ2n) is 9.00. The number of rotatable bonds is 0. The number of phenolic OH excluding ortho intramolecular Hbond substituents is 2. The summed E-state index contributed by atoms with van der Waals surface area (Å²) in [7, 11) is 0. The van der Waals surface area contributed by atoms with Crippen molar-refractivity contribution in [2.75, 3.05) is 0 Å². The number of aliphatic hydroxyl groups excluding tert-OH is 1. The number of fused-ring (bicyclic) bond motifs is 6. The second-order valence-corrected chi connectivity index (χ2v) is 9.00. The molecule has 7 atom stereocenters.